The van der Waals surface area contributed by atoms with Gasteiger partial charge in [-0.15, -0.1) is 0 Å². The second kappa shape index (κ2) is 8.56. The number of rotatable bonds is 6. The van der Waals surface area contributed by atoms with Gasteiger partial charge in [0.1, 0.15) is 18.1 Å². The number of benzene rings is 1. The molecule has 1 fully saturated rings. The summed E-state index contributed by atoms with van der Waals surface area (Å²) < 4.78 is 16.9. The molecule has 1 amide bonds. The number of ether oxygens (including phenoxy) is 3. The van der Waals surface area contributed by atoms with Crippen LogP contribution in [0.4, 0.5) is 0 Å². The Morgan fingerprint density at radius 2 is 2.16 bits per heavy atom. The van der Waals surface area contributed by atoms with Gasteiger partial charge in [-0.1, -0.05) is 19.8 Å². The minimum atomic E-state index is -0.159. The molecule has 0 radical (unpaired) electrons. The zero-order valence-electron chi connectivity index (χ0n) is 15.3. The standard InChI is InChI=1S/C20H29NO4/c1-14-5-3-4-6-18(14)24-10-9-21-20(22)16-11-15-12-17(23-2)7-8-19(15)25-13-16/h7-8,12,14,16,18H,3-6,9-11,13H2,1-2H3,(H,21,22). The lowest BCUT2D eigenvalue weighted by molar-refractivity contribution is -0.126. The third kappa shape index (κ3) is 4.66. The van der Waals surface area contributed by atoms with Crippen molar-refractivity contribution in [3.8, 4) is 11.5 Å². The van der Waals surface area contributed by atoms with Crippen LogP contribution in [-0.2, 0) is 16.0 Å². The summed E-state index contributed by atoms with van der Waals surface area (Å²) in [6.07, 6.45) is 5.99. The summed E-state index contributed by atoms with van der Waals surface area (Å²) in [5.74, 6) is 2.14. The highest BCUT2D eigenvalue weighted by Crippen LogP contribution is 2.30. The van der Waals surface area contributed by atoms with E-state index in [1.807, 2.05) is 18.2 Å². The minimum Gasteiger partial charge on any atom is -0.497 e. The van der Waals surface area contributed by atoms with Crippen LogP contribution < -0.4 is 14.8 Å². The maximum absolute atomic E-state index is 12.4. The van der Waals surface area contributed by atoms with Gasteiger partial charge in [0.25, 0.3) is 0 Å². The molecule has 3 rings (SSSR count). The van der Waals surface area contributed by atoms with Crippen LogP contribution in [-0.4, -0.2) is 38.9 Å². The van der Waals surface area contributed by atoms with Gasteiger partial charge in [-0.25, -0.2) is 0 Å². The first-order valence-electron chi connectivity index (χ1n) is 9.36. The van der Waals surface area contributed by atoms with Crippen LogP contribution in [0.1, 0.15) is 38.2 Å². The number of nitrogens with one attached hydrogen (secondary N) is 1. The molecule has 1 saturated carbocycles. The maximum Gasteiger partial charge on any atom is 0.226 e. The highest BCUT2D eigenvalue weighted by Gasteiger charge is 2.26. The van der Waals surface area contributed by atoms with Gasteiger partial charge in [0.05, 0.1) is 25.7 Å². The molecule has 1 aromatic rings. The van der Waals surface area contributed by atoms with E-state index < -0.39 is 0 Å². The van der Waals surface area contributed by atoms with Crippen molar-refractivity contribution in [1.29, 1.82) is 0 Å². The molecule has 1 aliphatic carbocycles. The van der Waals surface area contributed by atoms with E-state index in [1.54, 1.807) is 7.11 Å². The van der Waals surface area contributed by atoms with Crippen LogP contribution in [0.2, 0.25) is 0 Å². The van der Waals surface area contributed by atoms with E-state index in [9.17, 15) is 4.79 Å². The molecule has 2 aliphatic rings. The van der Waals surface area contributed by atoms with E-state index in [-0.39, 0.29) is 11.8 Å². The van der Waals surface area contributed by atoms with Crippen LogP contribution >= 0.6 is 0 Å². The van der Waals surface area contributed by atoms with Gasteiger partial charge >= 0.3 is 0 Å². The first-order chi connectivity index (χ1) is 12.2. The Balaban J connectivity index is 1.42. The third-order valence-electron chi connectivity index (χ3n) is 5.31. The number of hydrogen-bond donors (Lipinski definition) is 1. The van der Waals surface area contributed by atoms with E-state index in [1.165, 1.54) is 19.3 Å². The van der Waals surface area contributed by atoms with E-state index >= 15 is 0 Å². The molecule has 1 heterocycles. The lowest BCUT2D eigenvalue weighted by Crippen LogP contribution is -2.39. The molecular weight excluding hydrogens is 318 g/mol. The summed E-state index contributed by atoms with van der Waals surface area (Å²) >= 11 is 0. The number of fused-ring (bicyclic) bond motifs is 1. The first kappa shape index (κ1) is 18.1. The molecule has 0 saturated heterocycles. The number of hydrogen-bond acceptors (Lipinski definition) is 4. The molecule has 3 unspecified atom stereocenters. The average molecular weight is 347 g/mol. The molecule has 138 valence electrons. The Labute approximate surface area is 150 Å². The van der Waals surface area contributed by atoms with Gasteiger partial charge in [-0.3, -0.25) is 4.79 Å². The van der Waals surface area contributed by atoms with Crippen molar-refractivity contribution >= 4 is 5.91 Å². The fourth-order valence-corrected chi connectivity index (χ4v) is 3.72. The second-order valence-electron chi connectivity index (χ2n) is 7.15. The van der Waals surface area contributed by atoms with E-state index in [0.717, 1.165) is 23.5 Å². The van der Waals surface area contributed by atoms with Crippen LogP contribution in [0.15, 0.2) is 18.2 Å². The van der Waals surface area contributed by atoms with E-state index in [4.69, 9.17) is 14.2 Å². The first-order valence-corrected chi connectivity index (χ1v) is 9.36. The summed E-state index contributed by atoms with van der Waals surface area (Å²) in [5, 5.41) is 2.99. The number of methoxy groups -OCH3 is 1. The highest BCUT2D eigenvalue weighted by atomic mass is 16.5. The maximum atomic E-state index is 12.4. The fourth-order valence-electron chi connectivity index (χ4n) is 3.72. The topological polar surface area (TPSA) is 56.8 Å². The molecule has 5 heteroatoms. The summed E-state index contributed by atoms with van der Waals surface area (Å²) in [5.41, 5.74) is 1.03. The van der Waals surface area contributed by atoms with Crippen molar-refractivity contribution in [3.63, 3.8) is 0 Å². The Morgan fingerprint density at radius 1 is 1.32 bits per heavy atom. The monoisotopic (exact) mass is 347 g/mol. The smallest absolute Gasteiger partial charge is 0.226 e. The van der Waals surface area contributed by atoms with Gasteiger partial charge in [-0.2, -0.15) is 0 Å². The highest BCUT2D eigenvalue weighted by molar-refractivity contribution is 5.79. The Morgan fingerprint density at radius 3 is 2.96 bits per heavy atom. The summed E-state index contributed by atoms with van der Waals surface area (Å²) in [6.45, 7) is 3.82. The molecule has 5 nitrogen and oxygen atoms in total. The summed E-state index contributed by atoms with van der Waals surface area (Å²) in [4.78, 5) is 12.4. The predicted molar refractivity (Wildman–Crippen MR) is 96.1 cm³/mol. The van der Waals surface area contributed by atoms with Gasteiger partial charge in [0, 0.05) is 6.54 Å². The predicted octanol–water partition coefficient (Wildman–Crippen LogP) is 2.96. The van der Waals surface area contributed by atoms with Crippen molar-refractivity contribution in [2.75, 3.05) is 26.9 Å². The van der Waals surface area contributed by atoms with Crippen molar-refractivity contribution in [2.45, 2.75) is 45.1 Å². The van der Waals surface area contributed by atoms with Crippen LogP contribution in [0, 0.1) is 11.8 Å². The largest absolute Gasteiger partial charge is 0.497 e. The van der Waals surface area contributed by atoms with Gasteiger partial charge in [-0.05, 0) is 48.9 Å². The van der Waals surface area contributed by atoms with Gasteiger partial charge in [0.15, 0.2) is 0 Å². The third-order valence-corrected chi connectivity index (χ3v) is 5.31. The quantitative estimate of drug-likeness (QED) is 0.804. The Hall–Kier alpha value is -1.75. The second-order valence-corrected chi connectivity index (χ2v) is 7.15. The molecule has 1 aliphatic heterocycles. The molecule has 0 bridgehead atoms. The van der Waals surface area contributed by atoms with Crippen molar-refractivity contribution < 1.29 is 19.0 Å². The normalized spacial score (nSPS) is 25.6. The molecule has 1 aromatic carbocycles. The zero-order valence-corrected chi connectivity index (χ0v) is 15.3. The number of carbonyl (C=O) groups is 1. The van der Waals surface area contributed by atoms with Crippen molar-refractivity contribution in [1.82, 2.24) is 5.32 Å². The molecule has 25 heavy (non-hydrogen) atoms. The van der Waals surface area contributed by atoms with E-state index in [2.05, 4.69) is 12.2 Å². The summed E-state index contributed by atoms with van der Waals surface area (Å²) in [6, 6.07) is 5.73. The molecule has 0 spiro atoms. The van der Waals surface area contributed by atoms with Crippen LogP contribution in [0.25, 0.3) is 0 Å². The average Bonchev–Trinajstić information content (AvgIpc) is 2.65. The molecule has 0 aromatic heterocycles. The van der Waals surface area contributed by atoms with Crippen molar-refractivity contribution in [3.05, 3.63) is 23.8 Å². The number of carbonyl (C=O) groups excluding carboxylic acids is 1. The van der Waals surface area contributed by atoms with Gasteiger partial charge in [0.2, 0.25) is 5.91 Å². The number of amides is 1. The lowest BCUT2D eigenvalue weighted by atomic mass is 9.88. The van der Waals surface area contributed by atoms with Gasteiger partial charge < -0.3 is 19.5 Å². The van der Waals surface area contributed by atoms with Crippen LogP contribution in [0.3, 0.4) is 0 Å². The molecule has 3 atom stereocenters. The summed E-state index contributed by atoms with van der Waals surface area (Å²) in [7, 11) is 1.64. The lowest BCUT2D eigenvalue weighted by Gasteiger charge is -2.29. The minimum absolute atomic E-state index is 0.0359. The van der Waals surface area contributed by atoms with E-state index in [0.29, 0.717) is 38.2 Å². The van der Waals surface area contributed by atoms with Crippen LogP contribution in [0.5, 0.6) is 11.5 Å². The SMILES string of the molecule is COc1ccc2c(c1)CC(C(=O)NCCOC1CCCCC1C)CO2. The Kier molecular flexibility index (Phi) is 6.19. The van der Waals surface area contributed by atoms with Crippen molar-refractivity contribution in [2.24, 2.45) is 11.8 Å². The molecule has 1 N–H and O–H groups in total. The molecular formula is C20H29NO4. The fraction of sp³-hybridized carbons (Fsp3) is 0.650. The Bertz CT molecular complexity index is 589. The zero-order chi connectivity index (χ0) is 17.6.